The molecule has 1 aliphatic rings. The molecule has 170 valence electrons. The molecule has 1 unspecified atom stereocenters. The molecule has 0 amide bonds. The second kappa shape index (κ2) is 8.61. The molecule has 1 saturated carbocycles. The Morgan fingerprint density at radius 3 is 2.50 bits per heavy atom. The molecule has 1 fully saturated rings. The lowest BCUT2D eigenvalue weighted by atomic mass is 9.70. The van der Waals surface area contributed by atoms with E-state index in [9.17, 15) is 4.79 Å². The zero-order valence-corrected chi connectivity index (χ0v) is 20.1. The molecule has 5 nitrogen and oxygen atoms in total. The fraction of sp³-hybridized carbons (Fsp3) is 0.481. The van der Waals surface area contributed by atoms with Gasteiger partial charge in [-0.2, -0.15) is 0 Å². The Morgan fingerprint density at radius 2 is 1.88 bits per heavy atom. The number of nitrogens with one attached hydrogen (secondary N) is 1. The lowest BCUT2D eigenvalue weighted by Crippen LogP contribution is -2.29. The summed E-state index contributed by atoms with van der Waals surface area (Å²) >= 11 is 0. The van der Waals surface area contributed by atoms with Gasteiger partial charge < -0.3 is 14.6 Å². The monoisotopic (exact) mass is 433 g/mol. The van der Waals surface area contributed by atoms with Crippen LogP contribution in [0.5, 0.6) is 0 Å². The smallest absolute Gasteiger partial charge is 0.337 e. The van der Waals surface area contributed by atoms with Crippen molar-refractivity contribution in [3.8, 4) is 0 Å². The number of carbonyl (C=O) groups excluding carboxylic acids is 1. The molecule has 0 radical (unpaired) electrons. The second-order valence-corrected chi connectivity index (χ2v) is 10.5. The molecule has 2 aromatic carbocycles. The number of carbonyl (C=O) groups is 1. The van der Waals surface area contributed by atoms with Crippen molar-refractivity contribution in [3.05, 3.63) is 53.6 Å². The van der Waals surface area contributed by atoms with Crippen LogP contribution in [0.15, 0.2) is 42.5 Å². The molecule has 5 heteroatoms. The molecular weight excluding hydrogens is 398 g/mol. The SMILES string of the molecule is COC(=O)c1ccc2c(c1)nc(Nc1ccc(C(C)C)cc1)n2C1C[C@H](C)CC(C)(C)C1. The number of rotatable bonds is 5. The van der Waals surface area contributed by atoms with Crippen LogP contribution in [-0.4, -0.2) is 22.6 Å². The van der Waals surface area contributed by atoms with E-state index < -0.39 is 0 Å². The van der Waals surface area contributed by atoms with E-state index >= 15 is 0 Å². The third-order valence-corrected chi connectivity index (χ3v) is 6.67. The van der Waals surface area contributed by atoms with E-state index in [-0.39, 0.29) is 11.4 Å². The van der Waals surface area contributed by atoms with Crippen molar-refractivity contribution in [2.24, 2.45) is 11.3 Å². The van der Waals surface area contributed by atoms with Gasteiger partial charge >= 0.3 is 5.97 Å². The topological polar surface area (TPSA) is 56.1 Å². The first-order valence-corrected chi connectivity index (χ1v) is 11.6. The number of methoxy groups -OCH3 is 1. The highest BCUT2D eigenvalue weighted by molar-refractivity contribution is 5.94. The molecule has 0 saturated heterocycles. The van der Waals surface area contributed by atoms with Crippen LogP contribution < -0.4 is 5.32 Å². The summed E-state index contributed by atoms with van der Waals surface area (Å²) in [5, 5.41) is 3.57. The first-order valence-electron chi connectivity index (χ1n) is 11.6. The number of hydrogen-bond donors (Lipinski definition) is 1. The van der Waals surface area contributed by atoms with Crippen LogP contribution in [-0.2, 0) is 4.74 Å². The molecule has 0 aliphatic heterocycles. The Bertz CT molecular complexity index is 1110. The molecule has 0 bridgehead atoms. The van der Waals surface area contributed by atoms with Gasteiger partial charge in [-0.25, -0.2) is 9.78 Å². The fourth-order valence-corrected chi connectivity index (χ4v) is 5.37. The van der Waals surface area contributed by atoms with E-state index in [2.05, 4.69) is 68.8 Å². The van der Waals surface area contributed by atoms with Crippen molar-refractivity contribution in [1.29, 1.82) is 0 Å². The highest BCUT2D eigenvalue weighted by Crippen LogP contribution is 2.46. The number of hydrogen-bond acceptors (Lipinski definition) is 4. The quantitative estimate of drug-likeness (QED) is 0.437. The van der Waals surface area contributed by atoms with Crippen molar-refractivity contribution in [1.82, 2.24) is 9.55 Å². The standard InChI is InChI=1S/C27H35N3O2/c1-17(2)19-7-10-21(11-8-19)28-26-29-23-14-20(25(31)32-6)9-12-24(23)30(26)22-13-18(3)15-27(4,5)16-22/h7-12,14,17-18,22H,13,15-16H2,1-6H3,(H,28,29)/t18-,22?/m0/s1. The van der Waals surface area contributed by atoms with Crippen molar-refractivity contribution >= 4 is 28.6 Å². The van der Waals surface area contributed by atoms with Crippen molar-refractivity contribution in [2.75, 3.05) is 12.4 Å². The van der Waals surface area contributed by atoms with E-state index in [1.165, 1.54) is 19.1 Å². The molecule has 3 aromatic rings. The Labute approximate surface area is 191 Å². The number of ether oxygens (including phenoxy) is 1. The van der Waals surface area contributed by atoms with Gasteiger partial charge in [-0.05, 0) is 72.4 Å². The summed E-state index contributed by atoms with van der Waals surface area (Å²) in [4.78, 5) is 17.0. The predicted molar refractivity (Wildman–Crippen MR) is 131 cm³/mol. The van der Waals surface area contributed by atoms with E-state index in [4.69, 9.17) is 9.72 Å². The Kier molecular flexibility index (Phi) is 6.02. The molecule has 0 spiro atoms. The van der Waals surface area contributed by atoms with Gasteiger partial charge in [0.2, 0.25) is 5.95 Å². The predicted octanol–water partition coefficient (Wildman–Crippen LogP) is 7.08. The van der Waals surface area contributed by atoms with E-state index in [1.807, 2.05) is 18.2 Å². The molecule has 32 heavy (non-hydrogen) atoms. The first kappa shape index (κ1) is 22.4. The van der Waals surface area contributed by atoms with Crippen LogP contribution in [0.1, 0.15) is 81.8 Å². The Balaban J connectivity index is 1.78. The molecule has 1 N–H and O–H groups in total. The average molecular weight is 434 g/mol. The van der Waals surface area contributed by atoms with E-state index in [0.29, 0.717) is 23.4 Å². The number of nitrogens with zero attached hydrogens (tertiary/aromatic N) is 2. The summed E-state index contributed by atoms with van der Waals surface area (Å²) in [5.41, 5.74) is 4.99. The fourth-order valence-electron chi connectivity index (χ4n) is 5.37. The lowest BCUT2D eigenvalue weighted by Gasteiger charge is -2.40. The molecule has 2 atom stereocenters. The average Bonchev–Trinajstić information content (AvgIpc) is 3.09. The zero-order chi connectivity index (χ0) is 23.0. The molecule has 1 aliphatic carbocycles. The van der Waals surface area contributed by atoms with Gasteiger partial charge in [0, 0.05) is 11.7 Å². The first-order chi connectivity index (χ1) is 15.2. The summed E-state index contributed by atoms with van der Waals surface area (Å²) in [7, 11) is 1.41. The van der Waals surface area contributed by atoms with Gasteiger partial charge in [-0.15, -0.1) is 0 Å². The zero-order valence-electron chi connectivity index (χ0n) is 20.1. The Hall–Kier alpha value is -2.82. The maximum atomic E-state index is 12.1. The summed E-state index contributed by atoms with van der Waals surface area (Å²) in [5.74, 6) is 1.63. The van der Waals surface area contributed by atoms with Crippen LogP contribution in [0.2, 0.25) is 0 Å². The Morgan fingerprint density at radius 1 is 1.16 bits per heavy atom. The molecule has 1 aromatic heterocycles. The summed E-state index contributed by atoms with van der Waals surface area (Å²) in [6.07, 6.45) is 3.46. The van der Waals surface area contributed by atoms with Gasteiger partial charge in [0.1, 0.15) is 0 Å². The normalized spacial score (nSPS) is 20.5. The third-order valence-electron chi connectivity index (χ3n) is 6.67. The van der Waals surface area contributed by atoms with Gasteiger partial charge in [-0.3, -0.25) is 0 Å². The summed E-state index contributed by atoms with van der Waals surface area (Å²) in [6, 6.07) is 14.6. The van der Waals surface area contributed by atoms with Crippen molar-refractivity contribution in [3.63, 3.8) is 0 Å². The third kappa shape index (κ3) is 4.52. The number of esters is 1. The number of anilines is 2. The maximum absolute atomic E-state index is 12.1. The highest BCUT2D eigenvalue weighted by Gasteiger charge is 2.34. The van der Waals surface area contributed by atoms with Gasteiger partial charge in [0.05, 0.1) is 23.7 Å². The van der Waals surface area contributed by atoms with Crippen LogP contribution in [0, 0.1) is 11.3 Å². The largest absolute Gasteiger partial charge is 0.465 e. The molecule has 4 rings (SSSR count). The summed E-state index contributed by atoms with van der Waals surface area (Å²) in [6.45, 7) is 11.5. The van der Waals surface area contributed by atoms with E-state index in [0.717, 1.165) is 35.5 Å². The maximum Gasteiger partial charge on any atom is 0.337 e. The molecule has 1 heterocycles. The van der Waals surface area contributed by atoms with Gasteiger partial charge in [-0.1, -0.05) is 46.8 Å². The minimum atomic E-state index is -0.340. The van der Waals surface area contributed by atoms with Crippen LogP contribution in [0.3, 0.4) is 0 Å². The minimum Gasteiger partial charge on any atom is -0.465 e. The number of fused-ring (bicyclic) bond motifs is 1. The number of benzene rings is 2. The number of aromatic nitrogens is 2. The summed E-state index contributed by atoms with van der Waals surface area (Å²) < 4.78 is 7.27. The van der Waals surface area contributed by atoms with Crippen LogP contribution in [0.25, 0.3) is 11.0 Å². The van der Waals surface area contributed by atoms with E-state index in [1.54, 1.807) is 0 Å². The van der Waals surface area contributed by atoms with Crippen molar-refractivity contribution < 1.29 is 9.53 Å². The van der Waals surface area contributed by atoms with Gasteiger partial charge in [0.15, 0.2) is 0 Å². The lowest BCUT2D eigenvalue weighted by molar-refractivity contribution is 0.0601. The van der Waals surface area contributed by atoms with Crippen molar-refractivity contribution in [2.45, 2.75) is 65.8 Å². The molecular formula is C27H35N3O2. The highest BCUT2D eigenvalue weighted by atomic mass is 16.5. The van der Waals surface area contributed by atoms with Gasteiger partial charge in [0.25, 0.3) is 0 Å². The number of imidazole rings is 1. The minimum absolute atomic E-state index is 0.279. The van der Waals surface area contributed by atoms with Crippen LogP contribution >= 0.6 is 0 Å². The second-order valence-electron chi connectivity index (χ2n) is 10.5. The van der Waals surface area contributed by atoms with Crippen LogP contribution in [0.4, 0.5) is 11.6 Å².